The van der Waals surface area contributed by atoms with Crippen LogP contribution in [0, 0.1) is 0 Å². The van der Waals surface area contributed by atoms with Gasteiger partial charge >= 0.3 is 6.09 Å². The molecule has 0 aromatic heterocycles. The Hall–Kier alpha value is -1.71. The quantitative estimate of drug-likeness (QED) is 0.697. The third-order valence-corrected chi connectivity index (χ3v) is 4.26. The van der Waals surface area contributed by atoms with Crippen LogP contribution in [0.3, 0.4) is 0 Å². The molecule has 0 radical (unpaired) electrons. The van der Waals surface area contributed by atoms with Crippen molar-refractivity contribution in [2.75, 3.05) is 34.0 Å². The zero-order valence-corrected chi connectivity index (χ0v) is 14.4. The van der Waals surface area contributed by atoms with Crippen molar-refractivity contribution >= 4 is 6.09 Å². The first-order chi connectivity index (χ1) is 12.2. The molecule has 2 heterocycles. The molecule has 3 rings (SSSR count). The van der Waals surface area contributed by atoms with Crippen molar-refractivity contribution in [1.29, 1.82) is 0 Å². The van der Waals surface area contributed by atoms with Crippen molar-refractivity contribution < 1.29 is 28.5 Å². The van der Waals surface area contributed by atoms with E-state index >= 15 is 0 Å². The van der Waals surface area contributed by atoms with Crippen LogP contribution in [0.1, 0.15) is 5.56 Å². The highest BCUT2D eigenvalue weighted by Crippen LogP contribution is 2.20. The second-order valence-corrected chi connectivity index (χ2v) is 5.90. The SMILES string of the molecule is COC(OC)[C@@H](NN1C(=O)OC[C@@H]1Cc1ccccc1)C1OCCO1. The van der Waals surface area contributed by atoms with Crippen LogP contribution in [0.4, 0.5) is 4.79 Å². The first-order valence-electron chi connectivity index (χ1n) is 8.28. The van der Waals surface area contributed by atoms with E-state index in [2.05, 4.69) is 5.43 Å². The van der Waals surface area contributed by atoms with Crippen LogP contribution in [0.2, 0.25) is 0 Å². The van der Waals surface area contributed by atoms with Gasteiger partial charge in [-0.15, -0.1) is 0 Å². The number of hydrazine groups is 1. The number of nitrogens with zero attached hydrogens (tertiary/aromatic N) is 1. The summed E-state index contributed by atoms with van der Waals surface area (Å²) < 4.78 is 27.1. The summed E-state index contributed by atoms with van der Waals surface area (Å²) in [5.41, 5.74) is 4.26. The Bertz CT molecular complexity index is 545. The maximum atomic E-state index is 12.2. The Labute approximate surface area is 146 Å². The minimum atomic E-state index is -0.645. The lowest BCUT2D eigenvalue weighted by molar-refractivity contribution is -0.190. The average Bonchev–Trinajstić information content (AvgIpc) is 3.28. The van der Waals surface area contributed by atoms with Gasteiger partial charge in [0, 0.05) is 14.2 Å². The Morgan fingerprint density at radius 3 is 2.52 bits per heavy atom. The van der Waals surface area contributed by atoms with Crippen LogP contribution in [-0.2, 0) is 30.1 Å². The van der Waals surface area contributed by atoms with Crippen molar-refractivity contribution in [3.05, 3.63) is 35.9 Å². The summed E-state index contributed by atoms with van der Waals surface area (Å²) in [5.74, 6) is 0. The lowest BCUT2D eigenvalue weighted by atomic mass is 10.1. The number of carbonyl (C=O) groups is 1. The number of hydrogen-bond donors (Lipinski definition) is 1. The monoisotopic (exact) mass is 352 g/mol. The second kappa shape index (κ2) is 8.59. The molecule has 2 saturated heterocycles. The van der Waals surface area contributed by atoms with Gasteiger partial charge in [0.15, 0.2) is 12.6 Å². The number of methoxy groups -OCH3 is 2. The molecule has 138 valence electrons. The molecule has 2 aliphatic heterocycles. The summed E-state index contributed by atoms with van der Waals surface area (Å²) in [4.78, 5) is 12.2. The zero-order chi connectivity index (χ0) is 17.6. The van der Waals surface area contributed by atoms with E-state index < -0.39 is 24.7 Å². The number of hydrogen-bond acceptors (Lipinski definition) is 7. The summed E-state index contributed by atoms with van der Waals surface area (Å²) in [6, 6.07) is 9.29. The fraction of sp³-hybridized carbons (Fsp3) is 0.588. The van der Waals surface area contributed by atoms with Gasteiger partial charge in [-0.2, -0.15) is 0 Å². The summed E-state index contributed by atoms with van der Waals surface area (Å²) in [6.45, 7) is 1.28. The summed E-state index contributed by atoms with van der Waals surface area (Å²) >= 11 is 0. The molecule has 25 heavy (non-hydrogen) atoms. The third-order valence-electron chi connectivity index (χ3n) is 4.26. The third kappa shape index (κ3) is 4.28. The zero-order valence-electron chi connectivity index (χ0n) is 14.4. The molecule has 1 aromatic carbocycles. The topological polar surface area (TPSA) is 78.5 Å². The number of cyclic esters (lactones) is 1. The molecule has 2 atom stereocenters. The number of benzene rings is 1. The number of ether oxygens (including phenoxy) is 5. The molecule has 8 nitrogen and oxygen atoms in total. The average molecular weight is 352 g/mol. The lowest BCUT2D eigenvalue weighted by Gasteiger charge is -2.33. The van der Waals surface area contributed by atoms with E-state index in [1.807, 2.05) is 30.3 Å². The summed E-state index contributed by atoms with van der Waals surface area (Å²) in [6.07, 6.45) is -0.983. The molecule has 8 heteroatoms. The fourth-order valence-corrected chi connectivity index (χ4v) is 3.04. The van der Waals surface area contributed by atoms with Crippen molar-refractivity contribution in [1.82, 2.24) is 10.4 Å². The molecular weight excluding hydrogens is 328 g/mol. The van der Waals surface area contributed by atoms with E-state index in [4.69, 9.17) is 23.7 Å². The van der Waals surface area contributed by atoms with Crippen LogP contribution >= 0.6 is 0 Å². The van der Waals surface area contributed by atoms with E-state index in [0.29, 0.717) is 26.2 Å². The van der Waals surface area contributed by atoms with Crippen molar-refractivity contribution in [2.24, 2.45) is 0 Å². The van der Waals surface area contributed by atoms with Gasteiger partial charge in [0.25, 0.3) is 0 Å². The van der Waals surface area contributed by atoms with Crippen molar-refractivity contribution in [3.63, 3.8) is 0 Å². The van der Waals surface area contributed by atoms with E-state index in [1.54, 1.807) is 0 Å². The van der Waals surface area contributed by atoms with Crippen LogP contribution in [0.15, 0.2) is 30.3 Å². The maximum Gasteiger partial charge on any atom is 0.424 e. The molecule has 0 unspecified atom stereocenters. The Balaban J connectivity index is 1.72. The van der Waals surface area contributed by atoms with Crippen LogP contribution < -0.4 is 5.43 Å². The largest absolute Gasteiger partial charge is 0.446 e. The lowest BCUT2D eigenvalue weighted by Crippen LogP contribution is -2.59. The molecule has 1 aromatic rings. The fourth-order valence-electron chi connectivity index (χ4n) is 3.04. The predicted molar refractivity (Wildman–Crippen MR) is 87.5 cm³/mol. The maximum absolute atomic E-state index is 12.2. The molecular formula is C17H24N2O6. The number of carbonyl (C=O) groups excluding carboxylic acids is 1. The Morgan fingerprint density at radius 1 is 1.20 bits per heavy atom. The van der Waals surface area contributed by atoms with Gasteiger partial charge in [0.05, 0.1) is 19.3 Å². The van der Waals surface area contributed by atoms with Gasteiger partial charge in [-0.1, -0.05) is 30.3 Å². The molecule has 0 aliphatic carbocycles. The standard InChI is InChI=1S/C17H24N2O6/c1-21-15(22-2)14(16-23-8-9-24-16)18-19-13(11-25-17(19)20)10-12-6-4-3-5-7-12/h3-7,13-16,18H,8-11H2,1-2H3/t13-,14+/m0/s1. The van der Waals surface area contributed by atoms with Gasteiger partial charge in [0.1, 0.15) is 12.6 Å². The van der Waals surface area contributed by atoms with E-state index in [1.165, 1.54) is 19.2 Å². The highest BCUT2D eigenvalue weighted by atomic mass is 16.7. The first-order valence-corrected chi connectivity index (χ1v) is 8.28. The van der Waals surface area contributed by atoms with E-state index in [-0.39, 0.29) is 6.04 Å². The number of amides is 1. The smallest absolute Gasteiger partial charge is 0.424 e. The minimum absolute atomic E-state index is 0.145. The van der Waals surface area contributed by atoms with Crippen molar-refractivity contribution in [3.8, 4) is 0 Å². The van der Waals surface area contributed by atoms with Crippen molar-refractivity contribution in [2.45, 2.75) is 31.1 Å². The van der Waals surface area contributed by atoms with Crippen LogP contribution in [0.5, 0.6) is 0 Å². The normalized spacial score (nSPS) is 22.6. The van der Waals surface area contributed by atoms with Gasteiger partial charge in [0.2, 0.25) is 0 Å². The van der Waals surface area contributed by atoms with Crippen LogP contribution in [-0.4, -0.2) is 69.8 Å². The molecule has 1 N–H and O–H groups in total. The molecule has 2 fully saturated rings. The number of nitrogens with one attached hydrogen (secondary N) is 1. The van der Waals surface area contributed by atoms with Gasteiger partial charge < -0.3 is 23.7 Å². The van der Waals surface area contributed by atoms with Gasteiger partial charge in [-0.3, -0.25) is 0 Å². The highest BCUT2D eigenvalue weighted by Gasteiger charge is 2.41. The predicted octanol–water partition coefficient (Wildman–Crippen LogP) is 0.915. The Kier molecular flexibility index (Phi) is 6.22. The molecule has 0 saturated carbocycles. The molecule has 2 aliphatic rings. The Morgan fingerprint density at radius 2 is 1.88 bits per heavy atom. The second-order valence-electron chi connectivity index (χ2n) is 5.90. The number of rotatable bonds is 8. The van der Waals surface area contributed by atoms with Gasteiger partial charge in [-0.05, 0) is 12.0 Å². The summed E-state index contributed by atoms with van der Waals surface area (Å²) in [7, 11) is 3.06. The van der Waals surface area contributed by atoms with E-state index in [0.717, 1.165) is 5.56 Å². The molecule has 0 bridgehead atoms. The molecule has 1 amide bonds. The van der Waals surface area contributed by atoms with Gasteiger partial charge in [-0.25, -0.2) is 15.2 Å². The van der Waals surface area contributed by atoms with E-state index in [9.17, 15) is 4.79 Å². The van der Waals surface area contributed by atoms with Crippen LogP contribution in [0.25, 0.3) is 0 Å². The summed E-state index contributed by atoms with van der Waals surface area (Å²) in [5, 5.41) is 1.48. The minimum Gasteiger partial charge on any atom is -0.446 e. The first kappa shape index (κ1) is 18.1. The highest BCUT2D eigenvalue weighted by molar-refractivity contribution is 5.69. The molecule has 0 spiro atoms.